The highest BCUT2D eigenvalue weighted by Gasteiger charge is 2.16. The number of primary amides is 1. The molecule has 4 N–H and O–H groups in total. The van der Waals surface area contributed by atoms with Crippen LogP contribution in [0.15, 0.2) is 6.33 Å². The number of unbranched alkanes of at least 4 members (excludes halogenated alkanes) is 1. The molecule has 6 nitrogen and oxygen atoms in total. The van der Waals surface area contributed by atoms with Gasteiger partial charge in [-0.1, -0.05) is 20.3 Å². The van der Waals surface area contributed by atoms with Crippen LogP contribution in [0.25, 0.3) is 0 Å². The van der Waals surface area contributed by atoms with Crippen LogP contribution in [0.3, 0.4) is 0 Å². The molecule has 0 aliphatic heterocycles. The van der Waals surface area contributed by atoms with Crippen molar-refractivity contribution in [2.24, 2.45) is 5.73 Å². The van der Waals surface area contributed by atoms with E-state index >= 15 is 0 Å². The highest BCUT2D eigenvalue weighted by Crippen LogP contribution is 2.22. The Hall–Kier alpha value is -1.85. The van der Waals surface area contributed by atoms with Gasteiger partial charge in [-0.2, -0.15) is 0 Å². The maximum atomic E-state index is 11.1. The third-order valence-corrected chi connectivity index (χ3v) is 2.74. The number of nitrogen functional groups attached to an aromatic ring is 1. The Balaban J connectivity index is 3.03. The zero-order chi connectivity index (χ0) is 13.5. The fourth-order valence-electron chi connectivity index (χ4n) is 1.82. The maximum Gasteiger partial charge on any atom is 0.236 e. The van der Waals surface area contributed by atoms with Gasteiger partial charge in [-0.25, -0.2) is 9.97 Å². The molecule has 0 atom stereocenters. The number of hydrogen-bond acceptors (Lipinski definition) is 5. The summed E-state index contributed by atoms with van der Waals surface area (Å²) in [6.45, 7) is 4.98. The summed E-state index contributed by atoms with van der Waals surface area (Å²) >= 11 is 0. The number of nitrogens with zero attached hydrogens (tertiary/aromatic N) is 3. The van der Waals surface area contributed by atoms with Crippen molar-refractivity contribution in [3.63, 3.8) is 0 Å². The van der Waals surface area contributed by atoms with Gasteiger partial charge in [0, 0.05) is 12.1 Å². The van der Waals surface area contributed by atoms with E-state index in [4.69, 9.17) is 11.5 Å². The summed E-state index contributed by atoms with van der Waals surface area (Å²) in [5.41, 5.74) is 12.0. The molecule has 0 aromatic carbocycles. The number of aromatic nitrogens is 2. The second-order valence-electron chi connectivity index (χ2n) is 4.16. The molecule has 0 saturated carbocycles. The van der Waals surface area contributed by atoms with E-state index in [0.717, 1.165) is 37.2 Å². The van der Waals surface area contributed by atoms with Gasteiger partial charge in [-0.3, -0.25) is 4.79 Å². The second kappa shape index (κ2) is 6.78. The molecule has 0 saturated heterocycles. The molecule has 100 valence electrons. The number of nitrogens with two attached hydrogens (primary N) is 2. The van der Waals surface area contributed by atoms with Gasteiger partial charge < -0.3 is 16.4 Å². The van der Waals surface area contributed by atoms with Crippen molar-refractivity contribution in [1.82, 2.24) is 9.97 Å². The van der Waals surface area contributed by atoms with Crippen molar-refractivity contribution >= 4 is 17.5 Å². The monoisotopic (exact) mass is 251 g/mol. The second-order valence-corrected chi connectivity index (χ2v) is 4.16. The fraction of sp³-hybridized carbons (Fsp3) is 0.583. The van der Waals surface area contributed by atoms with Gasteiger partial charge in [-0.05, 0) is 12.8 Å². The molecule has 0 aliphatic rings. The van der Waals surface area contributed by atoms with Gasteiger partial charge >= 0.3 is 0 Å². The smallest absolute Gasteiger partial charge is 0.236 e. The van der Waals surface area contributed by atoms with E-state index in [0.29, 0.717) is 5.82 Å². The van der Waals surface area contributed by atoms with E-state index in [2.05, 4.69) is 16.9 Å². The summed E-state index contributed by atoms with van der Waals surface area (Å²) in [7, 11) is 0. The van der Waals surface area contributed by atoms with E-state index in [1.165, 1.54) is 6.33 Å². The molecule has 0 unspecified atom stereocenters. The predicted molar refractivity (Wildman–Crippen MR) is 72.1 cm³/mol. The average Bonchev–Trinajstić information content (AvgIpc) is 2.33. The predicted octanol–water partition coefficient (Wildman–Crippen LogP) is 0.713. The molecule has 18 heavy (non-hydrogen) atoms. The van der Waals surface area contributed by atoms with Crippen molar-refractivity contribution in [1.29, 1.82) is 0 Å². The van der Waals surface area contributed by atoms with Gasteiger partial charge in [0.15, 0.2) is 0 Å². The summed E-state index contributed by atoms with van der Waals surface area (Å²) in [6.07, 6.45) is 4.16. The number of carbonyl (C=O) groups excluding carboxylic acids is 1. The molecule has 0 aliphatic carbocycles. The number of rotatable bonds is 7. The Kier molecular flexibility index (Phi) is 5.35. The van der Waals surface area contributed by atoms with E-state index in [1.54, 1.807) is 0 Å². The topological polar surface area (TPSA) is 98.1 Å². The summed E-state index contributed by atoms with van der Waals surface area (Å²) < 4.78 is 0. The van der Waals surface area contributed by atoms with Crippen LogP contribution in [0.4, 0.5) is 11.6 Å². The summed E-state index contributed by atoms with van der Waals surface area (Å²) in [5.74, 6) is 0.816. The molecule has 1 rings (SSSR count). The molecule has 0 radical (unpaired) electrons. The molecule has 0 bridgehead atoms. The van der Waals surface area contributed by atoms with Gasteiger partial charge in [-0.15, -0.1) is 0 Å². The Labute approximate surface area is 107 Å². The first-order valence-corrected chi connectivity index (χ1v) is 6.22. The van der Waals surface area contributed by atoms with Crippen LogP contribution in [-0.4, -0.2) is 29.0 Å². The lowest BCUT2D eigenvalue weighted by Crippen LogP contribution is -2.36. The van der Waals surface area contributed by atoms with Crippen molar-refractivity contribution in [3.05, 3.63) is 11.9 Å². The van der Waals surface area contributed by atoms with Crippen molar-refractivity contribution in [2.45, 2.75) is 33.1 Å². The van der Waals surface area contributed by atoms with Crippen molar-refractivity contribution < 1.29 is 4.79 Å². The maximum absolute atomic E-state index is 11.1. The quantitative estimate of drug-likeness (QED) is 0.743. The van der Waals surface area contributed by atoms with Crippen LogP contribution in [-0.2, 0) is 11.2 Å². The molecule has 0 fully saturated rings. The van der Waals surface area contributed by atoms with Gasteiger partial charge in [0.05, 0.1) is 6.54 Å². The number of amides is 1. The first-order chi connectivity index (χ1) is 8.60. The molecule has 0 spiro atoms. The normalized spacial score (nSPS) is 10.3. The highest BCUT2D eigenvalue weighted by molar-refractivity contribution is 5.79. The van der Waals surface area contributed by atoms with Crippen LogP contribution >= 0.6 is 0 Å². The zero-order valence-electron chi connectivity index (χ0n) is 11.0. The van der Waals surface area contributed by atoms with Gasteiger partial charge in [0.1, 0.15) is 18.0 Å². The van der Waals surface area contributed by atoms with Gasteiger partial charge in [0.25, 0.3) is 0 Å². The minimum Gasteiger partial charge on any atom is -0.383 e. The molecule has 1 heterocycles. The lowest BCUT2D eigenvalue weighted by Gasteiger charge is -2.24. The first-order valence-electron chi connectivity index (χ1n) is 6.22. The average molecular weight is 251 g/mol. The van der Waals surface area contributed by atoms with E-state index < -0.39 is 0 Å². The molecule has 6 heteroatoms. The third-order valence-electron chi connectivity index (χ3n) is 2.74. The Morgan fingerprint density at radius 1 is 1.39 bits per heavy atom. The van der Waals surface area contributed by atoms with E-state index in [-0.39, 0.29) is 12.5 Å². The largest absolute Gasteiger partial charge is 0.383 e. The standard InChI is InChI=1S/C12H21N5O/c1-3-5-6-17(7-10(13)18)12-9(4-2)11(14)15-8-16-12/h8H,3-7H2,1-2H3,(H2,13,18)(H2,14,15,16). The fourth-order valence-corrected chi connectivity index (χ4v) is 1.82. The van der Waals surface area contributed by atoms with Crippen molar-refractivity contribution in [3.8, 4) is 0 Å². The van der Waals surface area contributed by atoms with Crippen molar-refractivity contribution in [2.75, 3.05) is 23.7 Å². The lowest BCUT2D eigenvalue weighted by molar-refractivity contribution is -0.116. The zero-order valence-corrected chi connectivity index (χ0v) is 11.0. The molecule has 1 amide bonds. The number of carbonyl (C=O) groups is 1. The Bertz CT molecular complexity index is 407. The van der Waals surface area contributed by atoms with Gasteiger partial charge in [0.2, 0.25) is 5.91 Å². The van der Waals surface area contributed by atoms with E-state index in [1.807, 2.05) is 11.8 Å². The summed E-state index contributed by atoms with van der Waals surface area (Å²) in [6, 6.07) is 0. The summed E-state index contributed by atoms with van der Waals surface area (Å²) in [4.78, 5) is 21.2. The van der Waals surface area contributed by atoms with Crippen LogP contribution in [0.1, 0.15) is 32.3 Å². The summed E-state index contributed by atoms with van der Waals surface area (Å²) in [5, 5.41) is 0. The first kappa shape index (κ1) is 14.2. The van der Waals surface area contributed by atoms with Crippen LogP contribution < -0.4 is 16.4 Å². The minimum atomic E-state index is -0.370. The molecular formula is C12H21N5O. The third kappa shape index (κ3) is 3.58. The number of hydrogen-bond donors (Lipinski definition) is 2. The Morgan fingerprint density at radius 3 is 2.67 bits per heavy atom. The molecule has 1 aromatic heterocycles. The van der Waals surface area contributed by atoms with Crippen LogP contribution in [0, 0.1) is 0 Å². The van der Waals surface area contributed by atoms with Crippen LogP contribution in [0.2, 0.25) is 0 Å². The van der Waals surface area contributed by atoms with E-state index in [9.17, 15) is 4.79 Å². The Morgan fingerprint density at radius 2 is 2.11 bits per heavy atom. The molecule has 1 aromatic rings. The lowest BCUT2D eigenvalue weighted by atomic mass is 10.2. The van der Waals surface area contributed by atoms with Crippen LogP contribution in [0.5, 0.6) is 0 Å². The minimum absolute atomic E-state index is 0.156. The molecular weight excluding hydrogens is 230 g/mol. The SMILES string of the molecule is CCCCN(CC(N)=O)c1ncnc(N)c1CC. The highest BCUT2D eigenvalue weighted by atomic mass is 16.1. The number of anilines is 2.